The van der Waals surface area contributed by atoms with Gasteiger partial charge in [-0.15, -0.1) is 0 Å². The number of ketones is 4. The van der Waals surface area contributed by atoms with Gasteiger partial charge in [0.15, 0.2) is 23.5 Å². The van der Waals surface area contributed by atoms with E-state index in [1.165, 1.54) is 57.6 Å². The molecule has 1 aromatic carbocycles. The third-order valence-corrected chi connectivity index (χ3v) is 12.2. The van der Waals surface area contributed by atoms with E-state index in [0.29, 0.717) is 5.57 Å². The van der Waals surface area contributed by atoms with Gasteiger partial charge in [0.05, 0.1) is 47.3 Å². The number of nitrogens with one attached hydrogen (secondary N) is 3. The van der Waals surface area contributed by atoms with Gasteiger partial charge in [0.2, 0.25) is 17.6 Å². The van der Waals surface area contributed by atoms with Gasteiger partial charge in [-0.1, -0.05) is 50.3 Å². The zero-order valence-corrected chi connectivity index (χ0v) is 37.8. The number of carbonyl (C=O) groups is 9. The number of aliphatic hydroxyl groups is 1. The number of piperidine rings is 1. The molecule has 1 aromatic rings. The van der Waals surface area contributed by atoms with E-state index in [2.05, 4.69) is 20.9 Å². The standard InChI is InChI=1S/C47H57N5O14/c1-23-17-30-40(49-15-16-65-47(62)51-31-11-8-10-29-33(53)20-27(21-34(54)39(29)31)28-13-14-38(56)52-45(28)60)35(55)22-32(42(30)58)50-44(59)24(2)9-7-12-36(63-5)43(66-46(48)61)26(4)19-25(3)41(57)37(18-23)64-6/h7-12,19,22-23,25,27-28,30,36-37,41,43,57H,13-18,20-21H2,1-6H3,(H2,48,61)(H,50,59)(H,51,62)(H,52,56,60)/b12-7?,24-9+,26-19?,49-40?. The van der Waals surface area contributed by atoms with E-state index in [1.807, 2.05) is 6.92 Å². The molecule has 2 aliphatic heterocycles. The van der Waals surface area contributed by atoms with Crippen molar-refractivity contribution >= 4 is 64.4 Å². The van der Waals surface area contributed by atoms with Gasteiger partial charge in [-0.05, 0) is 56.6 Å². The lowest BCUT2D eigenvalue weighted by Gasteiger charge is -2.31. The van der Waals surface area contributed by atoms with Crippen LogP contribution < -0.4 is 21.7 Å². The number of allylic oxidation sites excluding steroid dienone is 4. The van der Waals surface area contributed by atoms with Crippen molar-refractivity contribution < 1.29 is 67.2 Å². The Hall–Kier alpha value is -6.44. The normalized spacial score (nSPS) is 29.6. The van der Waals surface area contributed by atoms with E-state index in [9.17, 15) is 48.3 Å². The smallest absolute Gasteiger partial charge is 0.411 e. The van der Waals surface area contributed by atoms with Crippen LogP contribution in [0.25, 0.3) is 0 Å². The van der Waals surface area contributed by atoms with Crippen LogP contribution >= 0.6 is 0 Å². The Kier molecular flexibility index (Phi) is 17.3. The average Bonchev–Trinajstić information content (AvgIpc) is 3.38. The summed E-state index contributed by atoms with van der Waals surface area (Å²) in [6, 6.07) is 4.39. The van der Waals surface area contributed by atoms with Gasteiger partial charge in [-0.25, -0.2) is 9.59 Å². The molecule has 4 aliphatic rings. The Morgan fingerprint density at radius 2 is 1.70 bits per heavy atom. The van der Waals surface area contributed by atoms with E-state index in [0.717, 1.165) is 6.08 Å². The number of nitrogens with zero attached hydrogens (tertiary/aromatic N) is 1. The number of fused-ring (bicyclic) bond motifs is 3. The van der Waals surface area contributed by atoms with Gasteiger partial charge < -0.3 is 35.1 Å². The molecule has 6 N–H and O–H groups in total. The summed E-state index contributed by atoms with van der Waals surface area (Å²) >= 11 is 0. The first-order chi connectivity index (χ1) is 31.3. The van der Waals surface area contributed by atoms with Crippen molar-refractivity contribution in [1.82, 2.24) is 10.6 Å². The Labute approximate surface area is 381 Å². The molecule has 1 fully saturated rings. The lowest BCUT2D eigenvalue weighted by Crippen LogP contribution is -2.44. The molecule has 19 nitrogen and oxygen atoms in total. The summed E-state index contributed by atoms with van der Waals surface area (Å²) in [5.41, 5.74) is 5.73. The number of aliphatic hydroxyl groups excluding tert-OH is 1. The molecule has 2 bridgehead atoms. The molecular weight excluding hydrogens is 859 g/mol. The van der Waals surface area contributed by atoms with Crippen molar-refractivity contribution in [3.8, 4) is 0 Å². The number of hydrogen-bond acceptors (Lipinski definition) is 15. The van der Waals surface area contributed by atoms with E-state index in [4.69, 9.17) is 24.7 Å². The number of ether oxygens (including phenoxy) is 4. The SMILES string of the molecule is COC1C=C/C=C(\C)C(=O)NC2=CC(=O)C(=NCCOC(=O)Nc3cccc4c3C(=O)CC(C3CCC(=O)NC3=O)CC4=O)C(CC(C)CC(OC)C(O)C(C)C=C(C)C1OC(N)=O)C2=O. The van der Waals surface area contributed by atoms with Crippen LogP contribution in [0.3, 0.4) is 0 Å². The number of Topliss-reactive ketones (excluding diaryl/α,β-unsaturated/α-hetero) is 3. The van der Waals surface area contributed by atoms with E-state index in [1.54, 1.807) is 19.9 Å². The van der Waals surface area contributed by atoms with Crippen LogP contribution in [0, 0.1) is 29.6 Å². The predicted octanol–water partition coefficient (Wildman–Crippen LogP) is 3.64. The molecule has 0 radical (unpaired) electrons. The van der Waals surface area contributed by atoms with E-state index >= 15 is 0 Å². The van der Waals surface area contributed by atoms with Crippen molar-refractivity contribution in [2.24, 2.45) is 40.3 Å². The second-order valence-corrected chi connectivity index (χ2v) is 17.0. The number of carbonyl (C=O) groups excluding carboxylic acids is 9. The van der Waals surface area contributed by atoms with Gasteiger partial charge in [-0.3, -0.25) is 49.2 Å². The van der Waals surface area contributed by atoms with Crippen LogP contribution in [0.15, 0.2) is 70.4 Å². The number of methoxy groups -OCH3 is 2. The number of primary amides is 1. The Morgan fingerprint density at radius 1 is 0.970 bits per heavy atom. The van der Waals surface area contributed by atoms with Gasteiger partial charge >= 0.3 is 12.2 Å². The summed E-state index contributed by atoms with van der Waals surface area (Å²) in [6.07, 6.45) is 1.72. The van der Waals surface area contributed by atoms with Crippen LogP contribution in [0.2, 0.25) is 0 Å². The van der Waals surface area contributed by atoms with Gasteiger partial charge in [0.1, 0.15) is 12.7 Å². The number of hydrogen-bond donors (Lipinski definition) is 5. The van der Waals surface area contributed by atoms with Gasteiger partial charge in [0, 0.05) is 62.5 Å². The monoisotopic (exact) mass is 915 g/mol. The van der Waals surface area contributed by atoms with Crippen LogP contribution in [-0.4, -0.2) is 116 Å². The summed E-state index contributed by atoms with van der Waals surface area (Å²) in [6.45, 7) is 6.10. The number of benzene rings is 1. The summed E-state index contributed by atoms with van der Waals surface area (Å²) in [4.78, 5) is 122. The van der Waals surface area contributed by atoms with Crippen LogP contribution in [-0.2, 0) is 42.9 Å². The highest BCUT2D eigenvalue weighted by atomic mass is 16.6. The first-order valence-electron chi connectivity index (χ1n) is 21.7. The van der Waals surface area contributed by atoms with Gasteiger partial charge in [0.25, 0.3) is 5.91 Å². The fourth-order valence-corrected chi connectivity index (χ4v) is 8.78. The van der Waals surface area contributed by atoms with E-state index in [-0.39, 0.29) is 91.4 Å². The number of imide groups is 1. The minimum atomic E-state index is -1.15. The fourth-order valence-electron chi connectivity index (χ4n) is 8.78. The molecule has 0 saturated carbocycles. The van der Waals surface area contributed by atoms with Crippen molar-refractivity contribution in [3.05, 3.63) is 76.5 Å². The van der Waals surface area contributed by atoms with E-state index < -0.39 is 101 Å². The molecule has 5 rings (SSSR count). The number of amides is 5. The molecule has 19 heteroatoms. The maximum absolute atomic E-state index is 14.1. The molecule has 0 aromatic heterocycles. The molecule has 1 saturated heterocycles. The molecule has 66 heavy (non-hydrogen) atoms. The Morgan fingerprint density at radius 3 is 2.38 bits per heavy atom. The quantitative estimate of drug-likeness (QED) is 0.108. The van der Waals surface area contributed by atoms with Crippen molar-refractivity contribution in [2.75, 3.05) is 32.7 Å². The summed E-state index contributed by atoms with van der Waals surface area (Å²) in [5.74, 6) is -7.17. The Balaban J connectivity index is 1.34. The summed E-state index contributed by atoms with van der Waals surface area (Å²) in [5, 5.41) is 18.8. The fraction of sp³-hybridized carbons (Fsp3) is 0.489. The zero-order valence-electron chi connectivity index (χ0n) is 37.8. The maximum Gasteiger partial charge on any atom is 0.411 e. The minimum absolute atomic E-state index is 0.0160. The second kappa shape index (κ2) is 22.6. The number of rotatable bonds is 8. The highest BCUT2D eigenvalue weighted by Crippen LogP contribution is 2.36. The first kappa shape index (κ1) is 50.6. The maximum atomic E-state index is 14.1. The molecule has 5 amide bonds. The highest BCUT2D eigenvalue weighted by molar-refractivity contribution is 6.51. The summed E-state index contributed by atoms with van der Waals surface area (Å²) < 4.78 is 22.0. The number of nitrogens with two attached hydrogens (primary N) is 1. The van der Waals surface area contributed by atoms with Crippen molar-refractivity contribution in [3.63, 3.8) is 0 Å². The van der Waals surface area contributed by atoms with Crippen LogP contribution in [0.5, 0.6) is 0 Å². The minimum Gasteiger partial charge on any atom is -0.447 e. The number of aliphatic imine (C=N–C) groups is 1. The van der Waals surface area contributed by atoms with Crippen LogP contribution in [0.1, 0.15) is 86.9 Å². The molecule has 9 unspecified atom stereocenters. The van der Waals surface area contributed by atoms with Crippen molar-refractivity contribution in [1.29, 1.82) is 0 Å². The lowest BCUT2D eigenvalue weighted by molar-refractivity contribution is -0.137. The molecule has 2 heterocycles. The largest absolute Gasteiger partial charge is 0.447 e. The Bertz CT molecular complexity index is 2290. The lowest BCUT2D eigenvalue weighted by atomic mass is 9.79. The van der Waals surface area contributed by atoms with Crippen molar-refractivity contribution in [2.45, 2.75) is 90.6 Å². The molecule has 2 aliphatic carbocycles. The zero-order chi connectivity index (χ0) is 48.4. The molecule has 0 spiro atoms. The first-order valence-corrected chi connectivity index (χ1v) is 21.7. The van der Waals surface area contributed by atoms with Gasteiger partial charge in [-0.2, -0.15) is 0 Å². The topological polar surface area (TPSA) is 285 Å². The third-order valence-electron chi connectivity index (χ3n) is 12.2. The second-order valence-electron chi connectivity index (χ2n) is 17.0. The average molecular weight is 916 g/mol. The predicted molar refractivity (Wildman–Crippen MR) is 237 cm³/mol. The molecule has 9 atom stereocenters. The third kappa shape index (κ3) is 12.5. The molecular formula is C47H57N5O14. The highest BCUT2D eigenvalue weighted by Gasteiger charge is 2.41. The van der Waals surface area contributed by atoms with Crippen LogP contribution in [0.4, 0.5) is 15.3 Å². The number of anilines is 1. The summed E-state index contributed by atoms with van der Waals surface area (Å²) in [7, 11) is 2.82. The molecule has 354 valence electrons.